The minimum Gasteiger partial charge on any atom is -0.492 e. The van der Waals surface area contributed by atoms with Gasteiger partial charge in [0.1, 0.15) is 11.8 Å². The Labute approximate surface area is 161 Å². The molecule has 1 spiro atoms. The second-order valence-corrected chi connectivity index (χ2v) is 8.21. The fourth-order valence-corrected chi connectivity index (χ4v) is 5.15. The number of carbonyl (C=O) groups excluding carboxylic acids is 3. The van der Waals surface area contributed by atoms with Crippen molar-refractivity contribution >= 4 is 29.3 Å². The zero-order valence-electron chi connectivity index (χ0n) is 14.8. The van der Waals surface area contributed by atoms with E-state index in [4.69, 9.17) is 16.3 Å². The summed E-state index contributed by atoms with van der Waals surface area (Å²) in [6, 6.07) is 1.24. The molecule has 4 heterocycles. The van der Waals surface area contributed by atoms with Crippen LogP contribution in [0.5, 0.6) is 5.75 Å². The van der Waals surface area contributed by atoms with E-state index in [9.17, 15) is 14.4 Å². The van der Waals surface area contributed by atoms with E-state index in [1.54, 1.807) is 0 Å². The largest absolute Gasteiger partial charge is 0.492 e. The highest BCUT2D eigenvalue weighted by atomic mass is 35.5. The highest BCUT2D eigenvalue weighted by Crippen LogP contribution is 2.50. The summed E-state index contributed by atoms with van der Waals surface area (Å²) >= 11 is 6.54. The number of amides is 3. The molecule has 2 saturated heterocycles. The van der Waals surface area contributed by atoms with Crippen LogP contribution < -0.4 is 15.4 Å². The summed E-state index contributed by atoms with van der Waals surface area (Å²) in [7, 11) is 0. The van der Waals surface area contributed by atoms with E-state index >= 15 is 0 Å². The Morgan fingerprint density at radius 1 is 1.22 bits per heavy atom. The number of hydrogen-bond donors (Lipinski definition) is 2. The molecule has 0 unspecified atom stereocenters. The lowest BCUT2D eigenvalue weighted by molar-refractivity contribution is -0.136. The molecule has 4 aliphatic heterocycles. The van der Waals surface area contributed by atoms with E-state index in [0.29, 0.717) is 23.6 Å². The van der Waals surface area contributed by atoms with Crippen molar-refractivity contribution in [3.8, 4) is 5.75 Å². The molecular weight excluding hydrogens is 370 g/mol. The minimum atomic E-state index is -0.649. The van der Waals surface area contributed by atoms with Gasteiger partial charge in [0, 0.05) is 23.0 Å². The molecule has 2 fully saturated rings. The van der Waals surface area contributed by atoms with Gasteiger partial charge in [-0.05, 0) is 38.4 Å². The first-order valence-electron chi connectivity index (χ1n) is 9.34. The van der Waals surface area contributed by atoms with Gasteiger partial charge < -0.3 is 15.0 Å². The highest BCUT2D eigenvalue weighted by Gasteiger charge is 2.47. The monoisotopic (exact) mass is 389 g/mol. The van der Waals surface area contributed by atoms with E-state index < -0.39 is 11.9 Å². The molecule has 5 rings (SSSR count). The predicted octanol–water partition coefficient (Wildman–Crippen LogP) is 1.11. The van der Waals surface area contributed by atoms with Crippen LogP contribution in [-0.2, 0) is 21.5 Å². The van der Waals surface area contributed by atoms with Gasteiger partial charge in [-0.2, -0.15) is 0 Å². The lowest BCUT2D eigenvalue weighted by Crippen LogP contribution is -2.52. The molecule has 1 atom stereocenters. The third-order valence-corrected chi connectivity index (χ3v) is 6.64. The van der Waals surface area contributed by atoms with Crippen molar-refractivity contribution in [2.24, 2.45) is 0 Å². The van der Waals surface area contributed by atoms with Crippen molar-refractivity contribution in [3.05, 3.63) is 27.8 Å². The van der Waals surface area contributed by atoms with Crippen molar-refractivity contribution in [3.63, 3.8) is 0 Å². The quantitative estimate of drug-likeness (QED) is 0.703. The standard InChI is InChI=1S/C19H20ClN3O4/c20-12-7-11-16(27-9-19(11)3-5-21-6-4-19)10-8-23(18(26)15(10)12)13-1-2-14(24)22-17(13)25/h7,13,21H,1-6,8-9H2,(H,22,24,25)/t13-/m0/s1. The molecule has 0 aliphatic carbocycles. The molecule has 2 N–H and O–H groups in total. The second-order valence-electron chi connectivity index (χ2n) is 7.81. The summed E-state index contributed by atoms with van der Waals surface area (Å²) in [4.78, 5) is 38.2. The molecule has 0 bridgehead atoms. The van der Waals surface area contributed by atoms with Crippen LogP contribution in [0, 0.1) is 0 Å². The number of piperidine rings is 2. The second kappa shape index (κ2) is 5.94. The number of imide groups is 1. The summed E-state index contributed by atoms with van der Waals surface area (Å²) < 4.78 is 6.10. The first kappa shape index (κ1) is 17.0. The Hall–Kier alpha value is -2.12. The molecule has 8 heteroatoms. The Balaban J connectivity index is 1.53. The molecule has 0 aromatic heterocycles. The predicted molar refractivity (Wildman–Crippen MR) is 96.8 cm³/mol. The molecular formula is C19H20ClN3O4. The van der Waals surface area contributed by atoms with Gasteiger partial charge in [-0.25, -0.2) is 0 Å². The Bertz CT molecular complexity index is 878. The van der Waals surface area contributed by atoms with Gasteiger partial charge >= 0.3 is 0 Å². The molecule has 1 aromatic carbocycles. The lowest BCUT2D eigenvalue weighted by atomic mass is 9.74. The van der Waals surface area contributed by atoms with Crippen LogP contribution in [0.2, 0.25) is 5.02 Å². The van der Waals surface area contributed by atoms with Gasteiger partial charge in [0.2, 0.25) is 11.8 Å². The molecule has 7 nitrogen and oxygen atoms in total. The maximum atomic E-state index is 13.0. The molecule has 1 aromatic rings. The number of rotatable bonds is 1. The maximum absolute atomic E-state index is 13.0. The molecule has 142 valence electrons. The molecule has 0 radical (unpaired) electrons. The molecule has 4 aliphatic rings. The van der Waals surface area contributed by atoms with Gasteiger partial charge in [-0.15, -0.1) is 0 Å². The highest BCUT2D eigenvalue weighted by molar-refractivity contribution is 6.34. The molecule has 27 heavy (non-hydrogen) atoms. The summed E-state index contributed by atoms with van der Waals surface area (Å²) in [6.45, 7) is 2.75. The van der Waals surface area contributed by atoms with Gasteiger partial charge in [0.15, 0.2) is 0 Å². The van der Waals surface area contributed by atoms with Crippen LogP contribution in [-0.4, -0.2) is 48.4 Å². The van der Waals surface area contributed by atoms with E-state index in [0.717, 1.165) is 42.8 Å². The van der Waals surface area contributed by atoms with Crippen molar-refractivity contribution in [1.29, 1.82) is 0 Å². The number of carbonyl (C=O) groups is 3. The summed E-state index contributed by atoms with van der Waals surface area (Å²) in [6.07, 6.45) is 2.51. The summed E-state index contributed by atoms with van der Waals surface area (Å²) in [5.41, 5.74) is 2.25. The summed E-state index contributed by atoms with van der Waals surface area (Å²) in [5.74, 6) is -0.215. The van der Waals surface area contributed by atoms with E-state index in [1.807, 2.05) is 6.07 Å². The SMILES string of the molecule is O=C1CC[C@H](N2Cc3c4c(cc(Cl)c3C2=O)C2(CCNCC2)CO4)C(=O)N1. The minimum absolute atomic E-state index is 0.0512. The molecule has 0 saturated carbocycles. The third-order valence-electron chi connectivity index (χ3n) is 6.34. The smallest absolute Gasteiger partial charge is 0.256 e. The maximum Gasteiger partial charge on any atom is 0.256 e. The first-order chi connectivity index (χ1) is 13.0. The molecule has 3 amide bonds. The van der Waals surface area contributed by atoms with Gasteiger partial charge in [-0.1, -0.05) is 11.6 Å². The van der Waals surface area contributed by atoms with Crippen molar-refractivity contribution in [1.82, 2.24) is 15.5 Å². The van der Waals surface area contributed by atoms with E-state index in [-0.39, 0.29) is 30.2 Å². The van der Waals surface area contributed by atoms with Gasteiger partial charge in [0.05, 0.1) is 23.7 Å². The normalized spacial score (nSPS) is 26.0. The number of benzene rings is 1. The average Bonchev–Trinajstić information content (AvgIpc) is 3.16. The number of ether oxygens (including phenoxy) is 1. The van der Waals surface area contributed by atoms with Gasteiger partial charge in [0.25, 0.3) is 5.91 Å². The summed E-state index contributed by atoms with van der Waals surface area (Å²) in [5, 5.41) is 6.12. The third kappa shape index (κ3) is 2.41. The van der Waals surface area contributed by atoms with Crippen molar-refractivity contribution in [2.75, 3.05) is 19.7 Å². The number of nitrogens with zero attached hydrogens (tertiary/aromatic N) is 1. The van der Waals surface area contributed by atoms with Crippen LogP contribution in [0.25, 0.3) is 0 Å². The van der Waals surface area contributed by atoms with Crippen molar-refractivity contribution in [2.45, 2.75) is 43.7 Å². The Morgan fingerprint density at radius 3 is 2.74 bits per heavy atom. The topological polar surface area (TPSA) is 87.7 Å². The zero-order chi connectivity index (χ0) is 18.8. The Morgan fingerprint density at radius 2 is 2.00 bits per heavy atom. The fourth-order valence-electron chi connectivity index (χ4n) is 4.85. The van der Waals surface area contributed by atoms with Crippen LogP contribution in [0.15, 0.2) is 6.07 Å². The number of hydrogen-bond acceptors (Lipinski definition) is 5. The Kier molecular flexibility index (Phi) is 3.74. The van der Waals surface area contributed by atoms with Crippen LogP contribution in [0.3, 0.4) is 0 Å². The van der Waals surface area contributed by atoms with Crippen LogP contribution >= 0.6 is 11.6 Å². The lowest BCUT2D eigenvalue weighted by Gasteiger charge is -2.32. The fraction of sp³-hybridized carbons (Fsp3) is 0.526. The van der Waals surface area contributed by atoms with Crippen LogP contribution in [0.4, 0.5) is 0 Å². The number of halogens is 1. The zero-order valence-corrected chi connectivity index (χ0v) is 15.5. The van der Waals surface area contributed by atoms with E-state index in [1.165, 1.54) is 4.90 Å². The first-order valence-corrected chi connectivity index (χ1v) is 9.72. The van der Waals surface area contributed by atoms with Gasteiger partial charge in [-0.3, -0.25) is 19.7 Å². The van der Waals surface area contributed by atoms with Crippen molar-refractivity contribution < 1.29 is 19.1 Å². The van der Waals surface area contributed by atoms with E-state index in [2.05, 4.69) is 10.6 Å². The average molecular weight is 390 g/mol. The number of fused-ring (bicyclic) bond motifs is 4. The van der Waals surface area contributed by atoms with Crippen LogP contribution in [0.1, 0.15) is 47.2 Å². The number of nitrogens with one attached hydrogen (secondary N) is 2.